The summed E-state index contributed by atoms with van der Waals surface area (Å²) in [5, 5.41) is 3.36. The molecule has 0 aliphatic heterocycles. The Bertz CT molecular complexity index is 1230. The van der Waals surface area contributed by atoms with Crippen LogP contribution in [0.2, 0.25) is 0 Å². The number of rotatable bonds is 6. The lowest BCUT2D eigenvalue weighted by Crippen LogP contribution is -2.17. The van der Waals surface area contributed by atoms with E-state index in [2.05, 4.69) is 10.3 Å². The van der Waals surface area contributed by atoms with Crippen LogP contribution in [-0.4, -0.2) is 27.1 Å². The molecule has 5 nitrogen and oxygen atoms in total. The van der Waals surface area contributed by atoms with Gasteiger partial charge in [-0.15, -0.1) is 0 Å². The van der Waals surface area contributed by atoms with Gasteiger partial charge in [0.2, 0.25) is 5.91 Å². The van der Waals surface area contributed by atoms with E-state index in [0.717, 1.165) is 22.4 Å². The smallest absolute Gasteiger partial charge is 0.264 e. The number of imidazole rings is 1. The zero-order chi connectivity index (χ0) is 22.5. The molecule has 1 aromatic heterocycles. The second kappa shape index (κ2) is 9.66. The number of thioether (sulfide) groups is 1. The summed E-state index contributed by atoms with van der Waals surface area (Å²) in [6, 6.07) is 24.7. The summed E-state index contributed by atoms with van der Waals surface area (Å²) in [6.07, 6.45) is 1.68. The fraction of sp³-hybridized carbons (Fsp3) is 0.115. The summed E-state index contributed by atoms with van der Waals surface area (Å²) in [5.41, 5.74) is 5.09. The maximum Gasteiger partial charge on any atom is 0.264 e. The van der Waals surface area contributed by atoms with Crippen LogP contribution in [0.1, 0.15) is 21.5 Å². The van der Waals surface area contributed by atoms with Crippen molar-refractivity contribution in [1.82, 2.24) is 9.55 Å². The predicted octanol–water partition coefficient (Wildman–Crippen LogP) is 5.59. The molecule has 4 aromatic rings. The number of nitrogens with zero attached hydrogens (tertiary/aromatic N) is 2. The number of amides is 1. The Morgan fingerprint density at radius 1 is 0.875 bits per heavy atom. The molecule has 0 saturated heterocycles. The van der Waals surface area contributed by atoms with Crippen LogP contribution in [0.3, 0.4) is 0 Å². The molecule has 160 valence electrons. The van der Waals surface area contributed by atoms with Crippen LogP contribution in [0.5, 0.6) is 0 Å². The van der Waals surface area contributed by atoms with Gasteiger partial charge in [-0.2, -0.15) is 0 Å². The van der Waals surface area contributed by atoms with Crippen molar-refractivity contribution in [2.45, 2.75) is 19.0 Å². The lowest BCUT2D eigenvalue weighted by Gasteiger charge is -2.11. The van der Waals surface area contributed by atoms with Gasteiger partial charge in [-0.05, 0) is 38.1 Å². The summed E-state index contributed by atoms with van der Waals surface area (Å²) >= 11 is 1.24. The van der Waals surface area contributed by atoms with Crippen LogP contribution < -0.4 is 5.32 Å². The highest BCUT2D eigenvalue weighted by molar-refractivity contribution is 7.99. The van der Waals surface area contributed by atoms with Gasteiger partial charge in [0, 0.05) is 16.8 Å². The van der Waals surface area contributed by atoms with Crippen molar-refractivity contribution in [2.75, 3.05) is 11.1 Å². The molecule has 4 rings (SSSR count). The second-order valence-electron chi connectivity index (χ2n) is 7.50. The molecule has 0 bridgehead atoms. The number of anilines is 1. The van der Waals surface area contributed by atoms with Crippen molar-refractivity contribution in [3.8, 4) is 11.3 Å². The third kappa shape index (κ3) is 4.98. The first-order chi connectivity index (χ1) is 15.5. The van der Waals surface area contributed by atoms with Gasteiger partial charge >= 0.3 is 0 Å². The van der Waals surface area contributed by atoms with Gasteiger partial charge in [0.15, 0.2) is 5.16 Å². The van der Waals surface area contributed by atoms with Gasteiger partial charge in [-0.25, -0.2) is 4.98 Å². The molecule has 0 saturated carbocycles. The summed E-state index contributed by atoms with van der Waals surface area (Å²) < 4.78 is 1.59. The lowest BCUT2D eigenvalue weighted by atomic mass is 10.1. The Morgan fingerprint density at radius 3 is 2.16 bits per heavy atom. The Balaban J connectivity index is 1.59. The standard InChI is InChI=1S/C26H23N3O2S/c1-18-8-12-21(13-9-18)25(31)29-23(20-6-4-3-5-7-20)16-27-26(29)32-17-24(30)28-22-14-10-19(2)11-15-22/h3-16H,17H2,1-2H3,(H,28,30). The molecule has 1 N–H and O–H groups in total. The minimum atomic E-state index is -0.178. The quantitative estimate of drug-likeness (QED) is 0.396. The molecule has 1 amide bonds. The minimum Gasteiger partial charge on any atom is -0.325 e. The second-order valence-corrected chi connectivity index (χ2v) is 8.44. The van der Waals surface area contributed by atoms with Crippen LogP contribution >= 0.6 is 11.8 Å². The first-order valence-corrected chi connectivity index (χ1v) is 11.2. The van der Waals surface area contributed by atoms with Crippen LogP contribution in [0, 0.1) is 13.8 Å². The lowest BCUT2D eigenvalue weighted by molar-refractivity contribution is -0.113. The van der Waals surface area contributed by atoms with Gasteiger partial charge in [0.1, 0.15) is 0 Å². The summed E-state index contributed by atoms with van der Waals surface area (Å²) in [5.74, 6) is -0.194. The third-order valence-corrected chi connectivity index (χ3v) is 5.92. The average molecular weight is 442 g/mol. The largest absolute Gasteiger partial charge is 0.325 e. The van der Waals surface area contributed by atoms with Gasteiger partial charge < -0.3 is 5.32 Å². The summed E-state index contributed by atoms with van der Waals surface area (Å²) in [7, 11) is 0. The van der Waals surface area contributed by atoms with Gasteiger partial charge in [0.25, 0.3) is 5.91 Å². The molecule has 1 heterocycles. The molecule has 32 heavy (non-hydrogen) atoms. The Hall–Kier alpha value is -3.64. The zero-order valence-electron chi connectivity index (χ0n) is 17.9. The fourth-order valence-corrected chi connectivity index (χ4v) is 4.00. The first kappa shape index (κ1) is 21.6. The van der Waals surface area contributed by atoms with E-state index in [0.29, 0.717) is 16.4 Å². The number of hydrogen-bond acceptors (Lipinski definition) is 4. The molecular formula is C26H23N3O2S. The van der Waals surface area contributed by atoms with Crippen molar-refractivity contribution in [2.24, 2.45) is 0 Å². The highest BCUT2D eigenvalue weighted by Gasteiger charge is 2.20. The van der Waals surface area contributed by atoms with Crippen molar-refractivity contribution >= 4 is 29.3 Å². The summed E-state index contributed by atoms with van der Waals surface area (Å²) in [4.78, 5) is 30.4. The number of benzene rings is 3. The SMILES string of the molecule is Cc1ccc(NC(=O)CSc2ncc(-c3ccccc3)n2C(=O)c2ccc(C)cc2)cc1. The molecule has 3 aromatic carbocycles. The number of aryl methyl sites for hydroxylation is 2. The van der Waals surface area contributed by atoms with Crippen LogP contribution in [0.25, 0.3) is 11.3 Å². The van der Waals surface area contributed by atoms with E-state index in [9.17, 15) is 9.59 Å². The maximum absolute atomic E-state index is 13.4. The van der Waals surface area contributed by atoms with Gasteiger partial charge in [0.05, 0.1) is 17.6 Å². The van der Waals surface area contributed by atoms with E-state index >= 15 is 0 Å². The van der Waals surface area contributed by atoms with Crippen molar-refractivity contribution in [3.05, 3.63) is 102 Å². The molecule has 0 spiro atoms. The normalized spacial score (nSPS) is 10.7. The van der Waals surface area contributed by atoms with Crippen LogP contribution in [0.4, 0.5) is 5.69 Å². The molecular weight excluding hydrogens is 418 g/mol. The number of aromatic nitrogens is 2. The molecule has 0 aliphatic rings. The molecule has 0 radical (unpaired) electrons. The van der Waals surface area contributed by atoms with Crippen LogP contribution in [-0.2, 0) is 4.79 Å². The average Bonchev–Trinajstić information content (AvgIpc) is 3.24. The molecule has 0 aliphatic carbocycles. The third-order valence-electron chi connectivity index (χ3n) is 4.97. The predicted molar refractivity (Wildman–Crippen MR) is 129 cm³/mol. The highest BCUT2D eigenvalue weighted by Crippen LogP contribution is 2.27. The van der Waals surface area contributed by atoms with E-state index < -0.39 is 0 Å². The monoisotopic (exact) mass is 441 g/mol. The number of nitrogens with one attached hydrogen (secondary N) is 1. The molecule has 0 unspecified atom stereocenters. The Labute approximate surface area is 191 Å². The number of carbonyl (C=O) groups excluding carboxylic acids is 2. The van der Waals surface area contributed by atoms with E-state index in [1.807, 2.05) is 92.7 Å². The van der Waals surface area contributed by atoms with Crippen molar-refractivity contribution < 1.29 is 9.59 Å². The zero-order valence-corrected chi connectivity index (χ0v) is 18.7. The highest BCUT2D eigenvalue weighted by atomic mass is 32.2. The van der Waals surface area contributed by atoms with E-state index in [1.54, 1.807) is 10.8 Å². The Morgan fingerprint density at radius 2 is 1.50 bits per heavy atom. The first-order valence-electron chi connectivity index (χ1n) is 10.2. The molecule has 0 atom stereocenters. The topological polar surface area (TPSA) is 64.0 Å². The fourth-order valence-electron chi connectivity index (χ4n) is 3.23. The molecule has 0 fully saturated rings. The van der Waals surface area contributed by atoms with E-state index in [1.165, 1.54) is 11.8 Å². The van der Waals surface area contributed by atoms with E-state index in [-0.39, 0.29) is 17.6 Å². The van der Waals surface area contributed by atoms with Gasteiger partial charge in [-0.3, -0.25) is 14.2 Å². The van der Waals surface area contributed by atoms with Crippen molar-refractivity contribution in [3.63, 3.8) is 0 Å². The minimum absolute atomic E-state index is 0.139. The Kier molecular flexibility index (Phi) is 6.52. The number of carbonyl (C=O) groups is 2. The molecule has 6 heteroatoms. The van der Waals surface area contributed by atoms with Gasteiger partial charge in [-0.1, -0.05) is 77.5 Å². The summed E-state index contributed by atoms with van der Waals surface area (Å²) in [6.45, 7) is 3.98. The number of hydrogen-bond donors (Lipinski definition) is 1. The van der Waals surface area contributed by atoms with Crippen molar-refractivity contribution in [1.29, 1.82) is 0 Å². The van der Waals surface area contributed by atoms with E-state index in [4.69, 9.17) is 0 Å². The van der Waals surface area contributed by atoms with Crippen LogP contribution in [0.15, 0.2) is 90.2 Å². The maximum atomic E-state index is 13.4.